The molecule has 2 amide bonds. The molecule has 2 aliphatic rings. The predicted octanol–water partition coefficient (Wildman–Crippen LogP) is 3.31. The second-order valence-corrected chi connectivity index (χ2v) is 14.3. The minimum absolute atomic E-state index is 0.0152. The second-order valence-electron chi connectivity index (χ2n) is 12.2. The van der Waals surface area contributed by atoms with E-state index in [0.29, 0.717) is 18.7 Å². The highest BCUT2D eigenvalue weighted by Crippen LogP contribution is 2.30. The van der Waals surface area contributed by atoms with Crippen LogP contribution < -0.4 is 10.1 Å². The molecule has 2 heterocycles. The van der Waals surface area contributed by atoms with Crippen LogP contribution in [0, 0.1) is 0 Å². The van der Waals surface area contributed by atoms with Gasteiger partial charge in [0.15, 0.2) is 12.2 Å². The summed E-state index contributed by atoms with van der Waals surface area (Å²) in [6.45, 7) is 10.6. The van der Waals surface area contributed by atoms with Gasteiger partial charge in [0.25, 0.3) is 0 Å². The Bertz CT molecular complexity index is 1210. The summed E-state index contributed by atoms with van der Waals surface area (Å²) in [5, 5.41) is 2.58. The molecule has 3 atom stereocenters. The first-order valence-corrected chi connectivity index (χ1v) is 15.5. The van der Waals surface area contributed by atoms with E-state index in [2.05, 4.69) is 5.32 Å². The smallest absolute Gasteiger partial charge is 0.497 e. The number of ether oxygens (including phenoxy) is 5. The number of carbonyl (C=O) groups is 3. The van der Waals surface area contributed by atoms with E-state index in [4.69, 9.17) is 23.7 Å². The van der Waals surface area contributed by atoms with Crippen molar-refractivity contribution in [2.24, 2.45) is 0 Å². The summed E-state index contributed by atoms with van der Waals surface area (Å²) in [6, 6.07) is 6.41. The zero-order valence-electron chi connectivity index (χ0n) is 25.4. The Morgan fingerprint density at radius 1 is 0.976 bits per heavy atom. The van der Waals surface area contributed by atoms with Crippen molar-refractivity contribution in [3.8, 4) is 5.75 Å². The molecule has 1 aromatic rings. The minimum Gasteiger partial charge on any atom is -0.497 e. The first kappa shape index (κ1) is 33.2. The number of hydrogen-bond donors (Lipinski definition) is 1. The summed E-state index contributed by atoms with van der Waals surface area (Å²) in [5.74, 6) is 0.726. The quantitative estimate of drug-likeness (QED) is 0.342. The monoisotopic (exact) mass is 613 g/mol. The molecule has 3 rings (SSSR count). The van der Waals surface area contributed by atoms with Gasteiger partial charge in [-0.1, -0.05) is 12.1 Å². The van der Waals surface area contributed by atoms with Gasteiger partial charge in [-0.15, -0.1) is 0 Å². The molecule has 1 N–H and O–H groups in total. The highest BCUT2D eigenvalue weighted by molar-refractivity contribution is 7.89. The van der Waals surface area contributed by atoms with Gasteiger partial charge in [0, 0.05) is 19.6 Å². The Labute approximate surface area is 247 Å². The maximum absolute atomic E-state index is 13.3. The third kappa shape index (κ3) is 9.65. The van der Waals surface area contributed by atoms with E-state index >= 15 is 0 Å². The molecule has 1 aromatic carbocycles. The predicted molar refractivity (Wildman–Crippen MR) is 153 cm³/mol. The van der Waals surface area contributed by atoms with Crippen LogP contribution in [0.5, 0.6) is 5.75 Å². The van der Waals surface area contributed by atoms with Gasteiger partial charge < -0.3 is 29.0 Å². The molecule has 2 saturated heterocycles. The first-order chi connectivity index (χ1) is 19.5. The fourth-order valence-electron chi connectivity index (χ4n) is 4.66. The molecule has 0 unspecified atom stereocenters. The first-order valence-electron chi connectivity index (χ1n) is 13.9. The largest absolute Gasteiger partial charge is 0.509 e. The average Bonchev–Trinajstić information content (AvgIpc) is 3.36. The van der Waals surface area contributed by atoms with Gasteiger partial charge in [0.05, 0.1) is 25.4 Å². The lowest BCUT2D eigenvalue weighted by Gasteiger charge is -2.30. The fourth-order valence-corrected chi connectivity index (χ4v) is 6.19. The third-order valence-electron chi connectivity index (χ3n) is 6.47. The molecule has 2 aliphatic heterocycles. The number of rotatable bonds is 8. The van der Waals surface area contributed by atoms with Crippen LogP contribution in [0.3, 0.4) is 0 Å². The van der Waals surface area contributed by atoms with Gasteiger partial charge in [-0.05, 0) is 72.1 Å². The van der Waals surface area contributed by atoms with Crippen LogP contribution in [0.15, 0.2) is 24.3 Å². The topological polar surface area (TPSA) is 150 Å². The Balaban J connectivity index is 1.84. The zero-order chi connectivity index (χ0) is 31.3. The molecule has 2 fully saturated rings. The molecule has 42 heavy (non-hydrogen) atoms. The van der Waals surface area contributed by atoms with E-state index in [0.717, 1.165) is 5.56 Å². The molecule has 236 valence electrons. The SMILES string of the molecule is COc1ccc(C[C@@H]2[C@H](OC(=O)NCCN3CCCS3(=O)=O)[C@@H](OC(=O)OC(C)(C)C)CN2C(=O)OC(C)(C)C)cc1. The van der Waals surface area contributed by atoms with Crippen LogP contribution in [-0.2, 0) is 35.4 Å². The number of sulfonamides is 1. The molecule has 0 spiro atoms. The molecule has 0 aliphatic carbocycles. The normalized spacial score (nSPS) is 22.4. The Kier molecular flexibility index (Phi) is 10.6. The minimum atomic E-state index is -3.32. The number of nitrogens with zero attached hydrogens (tertiary/aromatic N) is 2. The lowest BCUT2D eigenvalue weighted by molar-refractivity contribution is -0.0517. The standard InChI is InChI=1S/C28H43N3O10S/c1-27(2,3)40-25(33)31-18-22(38-26(34)41-28(4,5)6)23(21(31)17-19-9-11-20(37-7)12-10-19)39-24(32)29-13-15-30-14-8-16-42(30,35)36/h9-12,21-23H,8,13-18H2,1-7H3,(H,29,32)/t21-,22+,23+/m1/s1. The maximum atomic E-state index is 13.3. The van der Waals surface area contributed by atoms with Crippen molar-refractivity contribution in [3.63, 3.8) is 0 Å². The highest BCUT2D eigenvalue weighted by Gasteiger charge is 2.50. The van der Waals surface area contributed by atoms with Gasteiger partial charge in [0.2, 0.25) is 10.0 Å². The van der Waals surface area contributed by atoms with Crippen molar-refractivity contribution >= 4 is 28.4 Å². The molecule has 0 bridgehead atoms. The Morgan fingerprint density at radius 3 is 2.17 bits per heavy atom. The van der Waals surface area contributed by atoms with Crippen LogP contribution >= 0.6 is 0 Å². The van der Waals surface area contributed by atoms with Crippen LogP contribution in [0.4, 0.5) is 14.4 Å². The van der Waals surface area contributed by atoms with Gasteiger partial charge >= 0.3 is 18.3 Å². The number of alkyl carbamates (subject to hydrolysis) is 1. The van der Waals surface area contributed by atoms with E-state index < -0.39 is 57.8 Å². The molecule has 0 aromatic heterocycles. The van der Waals surface area contributed by atoms with Crippen molar-refractivity contribution in [1.82, 2.24) is 14.5 Å². The average molecular weight is 614 g/mol. The van der Waals surface area contributed by atoms with Gasteiger partial charge in [0.1, 0.15) is 17.0 Å². The van der Waals surface area contributed by atoms with Crippen molar-refractivity contribution in [2.75, 3.05) is 39.0 Å². The van der Waals surface area contributed by atoms with E-state index in [9.17, 15) is 22.8 Å². The van der Waals surface area contributed by atoms with Crippen LogP contribution in [0.25, 0.3) is 0 Å². The molecular weight excluding hydrogens is 570 g/mol. The Morgan fingerprint density at radius 2 is 1.62 bits per heavy atom. The number of hydrogen-bond acceptors (Lipinski definition) is 10. The van der Waals surface area contributed by atoms with Crippen molar-refractivity contribution in [3.05, 3.63) is 29.8 Å². The summed E-state index contributed by atoms with van der Waals surface area (Å²) in [5.41, 5.74) is -0.845. The maximum Gasteiger partial charge on any atom is 0.509 e. The Hall–Kier alpha value is -3.26. The molecule has 0 saturated carbocycles. The van der Waals surface area contributed by atoms with Crippen molar-refractivity contribution in [1.29, 1.82) is 0 Å². The van der Waals surface area contributed by atoms with Gasteiger partial charge in [-0.2, -0.15) is 0 Å². The number of likely N-dealkylation sites (tertiary alicyclic amines) is 1. The summed E-state index contributed by atoms with van der Waals surface area (Å²) in [6.07, 6.45) is -3.88. The lowest BCUT2D eigenvalue weighted by Crippen LogP contribution is -2.47. The summed E-state index contributed by atoms with van der Waals surface area (Å²) >= 11 is 0. The van der Waals surface area contributed by atoms with Gasteiger partial charge in [-0.3, -0.25) is 4.90 Å². The molecule has 0 radical (unpaired) electrons. The molecule has 14 heteroatoms. The second kappa shape index (κ2) is 13.4. The number of amides is 2. The summed E-state index contributed by atoms with van der Waals surface area (Å²) in [4.78, 5) is 40.3. The fraction of sp³-hybridized carbons (Fsp3) is 0.679. The zero-order valence-corrected chi connectivity index (χ0v) is 26.2. The summed E-state index contributed by atoms with van der Waals surface area (Å²) in [7, 11) is -1.77. The number of carbonyl (C=O) groups excluding carboxylic acids is 3. The van der Waals surface area contributed by atoms with Crippen molar-refractivity contribution in [2.45, 2.75) is 83.8 Å². The van der Waals surface area contributed by atoms with E-state index in [1.54, 1.807) is 60.8 Å². The number of methoxy groups -OCH3 is 1. The van der Waals surface area contributed by atoms with E-state index in [1.807, 2.05) is 12.1 Å². The number of nitrogens with one attached hydrogen (secondary N) is 1. The third-order valence-corrected chi connectivity index (χ3v) is 8.43. The molecular formula is C28H43N3O10S. The number of benzene rings is 1. The van der Waals surface area contributed by atoms with E-state index in [-0.39, 0.29) is 31.8 Å². The summed E-state index contributed by atoms with van der Waals surface area (Å²) < 4.78 is 53.1. The molecule has 13 nitrogen and oxygen atoms in total. The lowest BCUT2D eigenvalue weighted by atomic mass is 10.0. The van der Waals surface area contributed by atoms with Crippen LogP contribution in [0.2, 0.25) is 0 Å². The van der Waals surface area contributed by atoms with Crippen molar-refractivity contribution < 1.29 is 46.5 Å². The van der Waals surface area contributed by atoms with E-state index in [1.165, 1.54) is 9.21 Å². The van der Waals surface area contributed by atoms with Crippen LogP contribution in [-0.4, -0.2) is 104 Å². The van der Waals surface area contributed by atoms with Gasteiger partial charge in [-0.25, -0.2) is 27.1 Å². The highest BCUT2D eigenvalue weighted by atomic mass is 32.2. The van der Waals surface area contributed by atoms with Crippen LogP contribution in [0.1, 0.15) is 53.5 Å².